The third-order valence-electron chi connectivity index (χ3n) is 3.90. The topological polar surface area (TPSA) is 15.3 Å². The van der Waals surface area contributed by atoms with Gasteiger partial charge in [0, 0.05) is 12.1 Å². The molecule has 1 aliphatic rings. The predicted molar refractivity (Wildman–Crippen MR) is 78.3 cm³/mol. The summed E-state index contributed by atoms with van der Waals surface area (Å²) in [5.74, 6) is 0. The van der Waals surface area contributed by atoms with Gasteiger partial charge in [0.15, 0.2) is 0 Å². The highest BCUT2D eigenvalue weighted by Crippen LogP contribution is 2.20. The minimum atomic E-state index is -4.08. The molecule has 0 radical (unpaired) electrons. The molecule has 1 aromatic rings. The number of rotatable bonds is 5. The number of hydrogen-bond acceptors (Lipinski definition) is 2. The summed E-state index contributed by atoms with van der Waals surface area (Å²) in [7, 11) is 0. The van der Waals surface area contributed by atoms with Crippen molar-refractivity contribution in [3.63, 3.8) is 0 Å². The highest BCUT2D eigenvalue weighted by Gasteiger charge is 2.32. The SMILES string of the molecule is CC(Cc1ccccc1)NC1CCN(CC(F)(F)F)CC1. The van der Waals surface area contributed by atoms with E-state index in [0.717, 1.165) is 19.3 Å². The minimum Gasteiger partial charge on any atom is -0.311 e. The van der Waals surface area contributed by atoms with Gasteiger partial charge in [-0.15, -0.1) is 0 Å². The van der Waals surface area contributed by atoms with Gasteiger partial charge in [-0.05, 0) is 44.8 Å². The smallest absolute Gasteiger partial charge is 0.311 e. The number of hydrogen-bond donors (Lipinski definition) is 1. The normalized spacial score (nSPS) is 19.6. The summed E-state index contributed by atoms with van der Waals surface area (Å²) in [5.41, 5.74) is 1.28. The van der Waals surface area contributed by atoms with E-state index >= 15 is 0 Å². The Morgan fingerprint density at radius 2 is 1.81 bits per heavy atom. The van der Waals surface area contributed by atoms with Gasteiger partial charge in [-0.25, -0.2) is 0 Å². The monoisotopic (exact) mass is 300 g/mol. The lowest BCUT2D eigenvalue weighted by molar-refractivity contribution is -0.148. The molecule has 1 heterocycles. The Hall–Kier alpha value is -1.07. The van der Waals surface area contributed by atoms with Crippen molar-refractivity contribution in [3.8, 4) is 0 Å². The molecule has 0 bridgehead atoms. The number of nitrogens with zero attached hydrogens (tertiary/aromatic N) is 1. The van der Waals surface area contributed by atoms with Crippen LogP contribution in [-0.2, 0) is 6.42 Å². The van der Waals surface area contributed by atoms with Gasteiger partial charge in [0.25, 0.3) is 0 Å². The second kappa shape index (κ2) is 7.27. The molecule has 0 spiro atoms. The predicted octanol–water partition coefficient (Wildman–Crippen LogP) is 3.23. The molecule has 1 atom stereocenters. The number of likely N-dealkylation sites (tertiary alicyclic amines) is 1. The van der Waals surface area contributed by atoms with Crippen LogP contribution in [0.1, 0.15) is 25.3 Å². The Morgan fingerprint density at radius 1 is 1.19 bits per heavy atom. The highest BCUT2D eigenvalue weighted by molar-refractivity contribution is 5.15. The van der Waals surface area contributed by atoms with Crippen molar-refractivity contribution in [2.75, 3.05) is 19.6 Å². The minimum absolute atomic E-state index is 0.327. The molecule has 1 unspecified atom stereocenters. The maximum Gasteiger partial charge on any atom is 0.401 e. The summed E-state index contributed by atoms with van der Waals surface area (Å²) in [6.45, 7) is 2.40. The molecule has 2 rings (SSSR count). The van der Waals surface area contributed by atoms with E-state index in [1.54, 1.807) is 0 Å². The lowest BCUT2D eigenvalue weighted by Crippen LogP contribution is -2.48. The van der Waals surface area contributed by atoms with Crippen LogP contribution < -0.4 is 5.32 Å². The van der Waals surface area contributed by atoms with E-state index in [1.807, 2.05) is 18.2 Å². The Balaban J connectivity index is 1.71. The van der Waals surface area contributed by atoms with Crippen LogP contribution in [0.25, 0.3) is 0 Å². The molecule has 1 aliphatic heterocycles. The van der Waals surface area contributed by atoms with Gasteiger partial charge in [-0.1, -0.05) is 30.3 Å². The maximum absolute atomic E-state index is 12.3. The molecule has 1 aromatic carbocycles. The zero-order chi connectivity index (χ0) is 15.3. The first kappa shape index (κ1) is 16.3. The second-order valence-electron chi connectivity index (χ2n) is 5.92. The van der Waals surface area contributed by atoms with Gasteiger partial charge >= 0.3 is 6.18 Å². The van der Waals surface area contributed by atoms with Crippen molar-refractivity contribution in [1.29, 1.82) is 0 Å². The molecule has 21 heavy (non-hydrogen) atoms. The van der Waals surface area contributed by atoms with Crippen LogP contribution in [-0.4, -0.2) is 42.8 Å². The quantitative estimate of drug-likeness (QED) is 0.898. The van der Waals surface area contributed by atoms with E-state index in [0.29, 0.717) is 25.2 Å². The van der Waals surface area contributed by atoms with Gasteiger partial charge in [0.05, 0.1) is 6.54 Å². The first-order valence-corrected chi connectivity index (χ1v) is 7.51. The van der Waals surface area contributed by atoms with Crippen LogP contribution in [0.5, 0.6) is 0 Å². The zero-order valence-electron chi connectivity index (χ0n) is 12.4. The van der Waals surface area contributed by atoms with Crippen molar-refractivity contribution in [2.24, 2.45) is 0 Å². The molecule has 5 heteroatoms. The largest absolute Gasteiger partial charge is 0.401 e. The zero-order valence-corrected chi connectivity index (χ0v) is 12.4. The lowest BCUT2D eigenvalue weighted by Gasteiger charge is -2.34. The standard InChI is InChI=1S/C16H23F3N2/c1-13(11-14-5-3-2-4-6-14)20-15-7-9-21(10-8-15)12-16(17,18)19/h2-6,13,15,20H,7-12H2,1H3. The Kier molecular flexibility index (Phi) is 5.65. The second-order valence-corrected chi connectivity index (χ2v) is 5.92. The fourth-order valence-corrected chi connectivity index (χ4v) is 2.94. The van der Waals surface area contributed by atoms with Gasteiger partial charge < -0.3 is 5.32 Å². The van der Waals surface area contributed by atoms with E-state index < -0.39 is 12.7 Å². The molecule has 0 saturated carbocycles. The number of alkyl halides is 3. The van der Waals surface area contributed by atoms with E-state index in [9.17, 15) is 13.2 Å². The van der Waals surface area contributed by atoms with E-state index in [4.69, 9.17) is 0 Å². The molecule has 2 nitrogen and oxygen atoms in total. The first-order chi connectivity index (χ1) is 9.92. The van der Waals surface area contributed by atoms with E-state index in [1.165, 1.54) is 10.5 Å². The molecular weight excluding hydrogens is 277 g/mol. The summed E-state index contributed by atoms with van der Waals surface area (Å²) >= 11 is 0. The van der Waals surface area contributed by atoms with Crippen molar-refractivity contribution in [2.45, 2.75) is 44.4 Å². The lowest BCUT2D eigenvalue weighted by atomic mass is 10.0. The summed E-state index contributed by atoms with van der Waals surface area (Å²) in [6, 6.07) is 10.9. The van der Waals surface area contributed by atoms with Crippen LogP contribution in [0.2, 0.25) is 0 Å². The van der Waals surface area contributed by atoms with Crippen molar-refractivity contribution >= 4 is 0 Å². The van der Waals surface area contributed by atoms with E-state index in [2.05, 4.69) is 24.4 Å². The molecular formula is C16H23F3N2. The van der Waals surface area contributed by atoms with Crippen LogP contribution in [0, 0.1) is 0 Å². The summed E-state index contributed by atoms with van der Waals surface area (Å²) in [4.78, 5) is 1.50. The van der Waals surface area contributed by atoms with Crippen LogP contribution >= 0.6 is 0 Å². The van der Waals surface area contributed by atoms with Gasteiger partial charge in [-0.2, -0.15) is 13.2 Å². The van der Waals surface area contributed by atoms with Gasteiger partial charge in [0.2, 0.25) is 0 Å². The fourth-order valence-electron chi connectivity index (χ4n) is 2.94. The number of nitrogens with one attached hydrogen (secondary N) is 1. The van der Waals surface area contributed by atoms with Gasteiger partial charge in [0.1, 0.15) is 0 Å². The molecule has 118 valence electrons. The van der Waals surface area contributed by atoms with Crippen molar-refractivity contribution in [1.82, 2.24) is 10.2 Å². The molecule has 1 saturated heterocycles. The number of halogens is 3. The Bertz CT molecular complexity index is 411. The fraction of sp³-hybridized carbons (Fsp3) is 0.625. The van der Waals surface area contributed by atoms with Crippen molar-refractivity contribution < 1.29 is 13.2 Å². The third kappa shape index (κ3) is 6.06. The number of benzene rings is 1. The maximum atomic E-state index is 12.3. The van der Waals surface area contributed by atoms with Crippen LogP contribution in [0.4, 0.5) is 13.2 Å². The molecule has 0 aromatic heterocycles. The van der Waals surface area contributed by atoms with Gasteiger partial charge in [-0.3, -0.25) is 4.90 Å². The van der Waals surface area contributed by atoms with Crippen LogP contribution in [0.3, 0.4) is 0 Å². The third-order valence-corrected chi connectivity index (χ3v) is 3.90. The molecule has 0 aliphatic carbocycles. The Labute approximate surface area is 124 Å². The summed E-state index contributed by atoms with van der Waals surface area (Å²) < 4.78 is 37.0. The van der Waals surface area contributed by atoms with Crippen molar-refractivity contribution in [3.05, 3.63) is 35.9 Å². The molecule has 0 amide bonds. The first-order valence-electron chi connectivity index (χ1n) is 7.51. The summed E-state index contributed by atoms with van der Waals surface area (Å²) in [5, 5.41) is 3.54. The Morgan fingerprint density at radius 3 is 2.38 bits per heavy atom. The summed E-state index contributed by atoms with van der Waals surface area (Å²) in [6.07, 6.45) is -1.56. The highest BCUT2D eigenvalue weighted by atomic mass is 19.4. The average Bonchev–Trinajstić information content (AvgIpc) is 2.40. The molecule has 1 N–H and O–H groups in total. The molecule has 1 fully saturated rings. The van der Waals surface area contributed by atoms with E-state index in [-0.39, 0.29) is 0 Å². The van der Waals surface area contributed by atoms with Crippen LogP contribution in [0.15, 0.2) is 30.3 Å². The average molecular weight is 300 g/mol. The number of piperidine rings is 1.